The zero-order valence-corrected chi connectivity index (χ0v) is 19.8. The van der Waals surface area contributed by atoms with Crippen molar-refractivity contribution in [3.63, 3.8) is 0 Å². The lowest BCUT2D eigenvalue weighted by atomic mass is 9.81. The van der Waals surface area contributed by atoms with Gasteiger partial charge in [-0.1, -0.05) is 37.5 Å². The van der Waals surface area contributed by atoms with E-state index in [0.29, 0.717) is 12.0 Å². The van der Waals surface area contributed by atoms with Crippen LogP contribution >= 0.6 is 0 Å². The summed E-state index contributed by atoms with van der Waals surface area (Å²) in [6, 6.07) is 14.8. The number of hydrogen-bond acceptors (Lipinski definition) is 2. The minimum atomic E-state index is -0.133. The summed E-state index contributed by atoms with van der Waals surface area (Å²) in [5, 5.41) is 1.40. The molecule has 32 heavy (non-hydrogen) atoms. The van der Waals surface area contributed by atoms with Crippen LogP contribution in [0.25, 0.3) is 22.2 Å². The van der Waals surface area contributed by atoms with Crippen LogP contribution in [0.5, 0.6) is 0 Å². The van der Waals surface area contributed by atoms with E-state index in [1.807, 2.05) is 6.07 Å². The Balaban J connectivity index is 1.73. The SMILES string of the molecule is CC1CN(CCN(C)C)Cc2cc(F)ccc2-c2c(C3CCCCC3)c3ccccc3n21. The normalized spacial score (nSPS) is 20.2. The van der Waals surface area contributed by atoms with Crippen LogP contribution in [-0.2, 0) is 6.54 Å². The summed E-state index contributed by atoms with van der Waals surface area (Å²) < 4.78 is 17.0. The first-order valence-electron chi connectivity index (χ1n) is 12.3. The highest BCUT2D eigenvalue weighted by atomic mass is 19.1. The van der Waals surface area contributed by atoms with Crippen molar-refractivity contribution in [2.75, 3.05) is 33.7 Å². The van der Waals surface area contributed by atoms with E-state index in [9.17, 15) is 4.39 Å². The Bertz CT molecular complexity index is 1090. The first kappa shape index (κ1) is 21.7. The Morgan fingerprint density at radius 2 is 1.81 bits per heavy atom. The molecule has 0 bridgehead atoms. The van der Waals surface area contributed by atoms with Crippen molar-refractivity contribution in [2.45, 2.75) is 57.5 Å². The highest BCUT2D eigenvalue weighted by Crippen LogP contribution is 2.46. The van der Waals surface area contributed by atoms with Crippen LogP contribution in [0.3, 0.4) is 0 Å². The smallest absolute Gasteiger partial charge is 0.123 e. The molecule has 0 amide bonds. The molecule has 4 heteroatoms. The molecule has 5 rings (SSSR count). The standard InChI is InChI=1S/C28H36FN3/c1-20-18-31(16-15-30(2)3)19-22-17-23(29)13-14-24(22)28-27(21-9-5-4-6-10-21)25-11-7-8-12-26(25)32(20)28/h7-8,11-14,17,20-21H,4-6,9-10,15-16,18-19H2,1-3H3. The maximum absolute atomic E-state index is 14.4. The molecule has 1 fully saturated rings. The molecule has 0 spiro atoms. The molecule has 1 aliphatic carbocycles. The van der Waals surface area contributed by atoms with Gasteiger partial charge in [-0.05, 0) is 75.2 Å². The molecule has 0 saturated heterocycles. The van der Waals surface area contributed by atoms with E-state index in [2.05, 4.69) is 59.7 Å². The topological polar surface area (TPSA) is 11.4 Å². The Hall–Kier alpha value is -2.17. The summed E-state index contributed by atoms with van der Waals surface area (Å²) in [7, 11) is 4.24. The van der Waals surface area contributed by atoms with Crippen molar-refractivity contribution in [3.8, 4) is 11.3 Å². The average Bonchev–Trinajstić information content (AvgIpc) is 3.12. The fourth-order valence-corrected chi connectivity index (χ4v) is 6.02. The zero-order valence-electron chi connectivity index (χ0n) is 19.8. The number of fused-ring (bicyclic) bond motifs is 5. The molecule has 170 valence electrons. The quantitative estimate of drug-likeness (QED) is 0.469. The maximum Gasteiger partial charge on any atom is 0.123 e. The largest absolute Gasteiger partial charge is 0.336 e. The number of likely N-dealkylation sites (N-methyl/N-ethyl adjacent to an activating group) is 1. The summed E-state index contributed by atoms with van der Waals surface area (Å²) in [5.41, 5.74) is 6.55. The van der Waals surface area contributed by atoms with Crippen LogP contribution in [0.2, 0.25) is 0 Å². The lowest BCUT2D eigenvalue weighted by molar-refractivity contribution is 0.207. The molecule has 2 aromatic carbocycles. The number of halogens is 1. The molecule has 1 atom stereocenters. The van der Waals surface area contributed by atoms with Gasteiger partial charge in [0.1, 0.15) is 5.82 Å². The molecule has 3 aromatic rings. The van der Waals surface area contributed by atoms with Gasteiger partial charge in [0.2, 0.25) is 0 Å². The van der Waals surface area contributed by atoms with Gasteiger partial charge in [0.05, 0.1) is 5.69 Å². The Labute approximate surface area is 191 Å². The highest BCUT2D eigenvalue weighted by molar-refractivity contribution is 5.93. The van der Waals surface area contributed by atoms with Gasteiger partial charge in [-0.25, -0.2) is 4.39 Å². The molecule has 1 aliphatic heterocycles. The van der Waals surface area contributed by atoms with E-state index < -0.39 is 0 Å². The molecule has 0 N–H and O–H groups in total. The highest BCUT2D eigenvalue weighted by Gasteiger charge is 2.31. The fraction of sp³-hybridized carbons (Fsp3) is 0.500. The molecule has 1 unspecified atom stereocenters. The van der Waals surface area contributed by atoms with Crippen LogP contribution < -0.4 is 0 Å². The lowest BCUT2D eigenvalue weighted by Crippen LogP contribution is -2.36. The van der Waals surface area contributed by atoms with Crippen LogP contribution in [0.1, 0.15) is 62.1 Å². The number of aromatic nitrogens is 1. The van der Waals surface area contributed by atoms with Crippen molar-refractivity contribution in [1.29, 1.82) is 0 Å². The minimum Gasteiger partial charge on any atom is -0.336 e. The van der Waals surface area contributed by atoms with Crippen molar-refractivity contribution < 1.29 is 4.39 Å². The van der Waals surface area contributed by atoms with E-state index in [1.54, 1.807) is 12.1 Å². The van der Waals surface area contributed by atoms with Crippen molar-refractivity contribution >= 4 is 10.9 Å². The Morgan fingerprint density at radius 1 is 1.03 bits per heavy atom. The molecule has 3 nitrogen and oxygen atoms in total. The van der Waals surface area contributed by atoms with Crippen molar-refractivity contribution in [1.82, 2.24) is 14.4 Å². The van der Waals surface area contributed by atoms with E-state index >= 15 is 0 Å². The number of nitrogens with zero attached hydrogens (tertiary/aromatic N) is 3. The van der Waals surface area contributed by atoms with Gasteiger partial charge in [-0.15, -0.1) is 0 Å². The van der Waals surface area contributed by atoms with Crippen LogP contribution in [0.15, 0.2) is 42.5 Å². The molecule has 1 aromatic heterocycles. The minimum absolute atomic E-state index is 0.133. The Morgan fingerprint density at radius 3 is 2.59 bits per heavy atom. The van der Waals surface area contributed by atoms with E-state index in [4.69, 9.17) is 0 Å². The number of hydrogen-bond donors (Lipinski definition) is 0. The second-order valence-corrected chi connectivity index (χ2v) is 10.2. The van der Waals surface area contributed by atoms with Crippen molar-refractivity contribution in [2.24, 2.45) is 0 Å². The third kappa shape index (κ3) is 3.99. The summed E-state index contributed by atoms with van der Waals surface area (Å²) in [6.45, 7) is 6.12. The van der Waals surface area contributed by atoms with E-state index in [0.717, 1.165) is 31.7 Å². The lowest BCUT2D eigenvalue weighted by Gasteiger charge is -2.33. The molecule has 1 saturated carbocycles. The molecular formula is C28H36FN3. The zero-order chi connectivity index (χ0) is 22.2. The maximum atomic E-state index is 14.4. The molecular weight excluding hydrogens is 397 g/mol. The molecule has 2 heterocycles. The first-order valence-corrected chi connectivity index (χ1v) is 12.3. The Kier molecular flexibility index (Phi) is 6.09. The van der Waals surface area contributed by atoms with Gasteiger partial charge in [-0.2, -0.15) is 0 Å². The van der Waals surface area contributed by atoms with Gasteiger partial charge in [0.15, 0.2) is 0 Å². The van der Waals surface area contributed by atoms with E-state index in [1.165, 1.54) is 59.8 Å². The van der Waals surface area contributed by atoms with Crippen LogP contribution in [0, 0.1) is 5.82 Å². The van der Waals surface area contributed by atoms with Gasteiger partial charge in [0, 0.05) is 48.7 Å². The third-order valence-corrected chi connectivity index (χ3v) is 7.51. The molecule has 0 radical (unpaired) electrons. The van der Waals surface area contributed by atoms with Crippen LogP contribution in [-0.4, -0.2) is 48.1 Å². The van der Waals surface area contributed by atoms with Crippen molar-refractivity contribution in [3.05, 3.63) is 59.4 Å². The predicted octanol–water partition coefficient (Wildman–Crippen LogP) is 6.43. The number of rotatable bonds is 4. The van der Waals surface area contributed by atoms with Gasteiger partial charge >= 0.3 is 0 Å². The number of benzene rings is 2. The average molecular weight is 434 g/mol. The fourth-order valence-electron chi connectivity index (χ4n) is 6.02. The first-order chi connectivity index (χ1) is 15.5. The second kappa shape index (κ2) is 8.99. The summed E-state index contributed by atoms with van der Waals surface area (Å²) >= 11 is 0. The van der Waals surface area contributed by atoms with Gasteiger partial charge < -0.3 is 9.47 Å². The number of para-hydroxylation sites is 1. The summed E-state index contributed by atoms with van der Waals surface area (Å²) in [5.74, 6) is 0.464. The van der Waals surface area contributed by atoms with Gasteiger partial charge in [-0.3, -0.25) is 4.90 Å². The van der Waals surface area contributed by atoms with Crippen LogP contribution in [0.4, 0.5) is 4.39 Å². The van der Waals surface area contributed by atoms with Gasteiger partial charge in [0.25, 0.3) is 0 Å². The summed E-state index contributed by atoms with van der Waals surface area (Å²) in [6.07, 6.45) is 6.51. The summed E-state index contributed by atoms with van der Waals surface area (Å²) in [4.78, 5) is 4.73. The monoisotopic (exact) mass is 433 g/mol. The second-order valence-electron chi connectivity index (χ2n) is 10.2. The van der Waals surface area contributed by atoms with E-state index in [-0.39, 0.29) is 5.82 Å². The third-order valence-electron chi connectivity index (χ3n) is 7.51. The molecule has 2 aliphatic rings. The predicted molar refractivity (Wildman–Crippen MR) is 132 cm³/mol.